The predicted molar refractivity (Wildman–Crippen MR) is 66.4 cm³/mol. The number of benzene rings is 1. The van der Waals surface area contributed by atoms with Gasteiger partial charge in [-0.2, -0.15) is 0 Å². The van der Waals surface area contributed by atoms with Gasteiger partial charge in [-0.05, 0) is 57.0 Å². The van der Waals surface area contributed by atoms with E-state index in [2.05, 4.69) is 31.9 Å². The summed E-state index contributed by atoms with van der Waals surface area (Å²) >= 11 is 6.69. The molecule has 0 bridgehead atoms. The molecule has 2 N–H and O–H groups in total. The molecule has 15 heavy (non-hydrogen) atoms. The topological polar surface area (TPSA) is 52.3 Å². The van der Waals surface area contributed by atoms with Gasteiger partial charge in [0.05, 0.1) is 15.6 Å². The van der Waals surface area contributed by atoms with E-state index in [0.29, 0.717) is 24.5 Å². The van der Waals surface area contributed by atoms with Crippen LogP contribution >= 0.6 is 31.9 Å². The van der Waals surface area contributed by atoms with Gasteiger partial charge in [-0.3, -0.25) is 4.79 Å². The minimum Gasteiger partial charge on any atom is -0.491 e. The van der Waals surface area contributed by atoms with Gasteiger partial charge in [0.2, 0.25) is 0 Å². The van der Waals surface area contributed by atoms with E-state index in [-0.39, 0.29) is 0 Å². The maximum Gasteiger partial charge on any atom is 0.150 e. The average molecular weight is 337 g/mol. The van der Waals surface area contributed by atoms with Crippen molar-refractivity contribution in [1.29, 1.82) is 0 Å². The molecular formula is C10H11Br2NO2. The van der Waals surface area contributed by atoms with E-state index in [1.165, 1.54) is 0 Å². The monoisotopic (exact) mass is 335 g/mol. The number of carbonyl (C=O) groups is 1. The number of nitrogens with two attached hydrogens (primary N) is 1. The van der Waals surface area contributed by atoms with Crippen LogP contribution < -0.4 is 10.5 Å². The van der Waals surface area contributed by atoms with E-state index in [9.17, 15) is 4.79 Å². The molecular weight excluding hydrogens is 326 g/mol. The molecule has 0 fully saturated rings. The molecule has 0 aliphatic rings. The van der Waals surface area contributed by atoms with E-state index < -0.39 is 0 Å². The van der Waals surface area contributed by atoms with E-state index in [1.54, 1.807) is 12.1 Å². The van der Waals surface area contributed by atoms with Crippen molar-refractivity contribution >= 4 is 38.1 Å². The van der Waals surface area contributed by atoms with Crippen molar-refractivity contribution in [2.75, 3.05) is 13.2 Å². The number of aldehydes is 1. The molecule has 0 atom stereocenters. The van der Waals surface area contributed by atoms with Crippen LogP contribution in [0.25, 0.3) is 0 Å². The summed E-state index contributed by atoms with van der Waals surface area (Å²) < 4.78 is 7.04. The summed E-state index contributed by atoms with van der Waals surface area (Å²) in [4.78, 5) is 10.6. The third kappa shape index (κ3) is 3.59. The molecule has 1 aromatic carbocycles. The molecule has 0 radical (unpaired) electrons. The van der Waals surface area contributed by atoms with Gasteiger partial charge in [-0.1, -0.05) is 0 Å². The van der Waals surface area contributed by atoms with Crippen molar-refractivity contribution in [3.63, 3.8) is 0 Å². The lowest BCUT2D eigenvalue weighted by Gasteiger charge is -2.10. The Morgan fingerprint density at radius 2 is 1.93 bits per heavy atom. The first-order chi connectivity index (χ1) is 7.19. The van der Waals surface area contributed by atoms with Gasteiger partial charge >= 0.3 is 0 Å². The van der Waals surface area contributed by atoms with Crippen LogP contribution in [0, 0.1) is 0 Å². The van der Waals surface area contributed by atoms with E-state index in [0.717, 1.165) is 21.7 Å². The van der Waals surface area contributed by atoms with Gasteiger partial charge in [0.15, 0.2) is 0 Å². The summed E-state index contributed by atoms with van der Waals surface area (Å²) in [6, 6.07) is 3.44. The molecule has 0 saturated carbocycles. The smallest absolute Gasteiger partial charge is 0.150 e. The Hall–Kier alpha value is -0.390. The SMILES string of the molecule is NCCCOc1c(Br)cc(C=O)cc1Br. The first-order valence-electron chi connectivity index (χ1n) is 4.46. The van der Waals surface area contributed by atoms with Crippen LogP contribution in [0.5, 0.6) is 5.75 Å². The maximum absolute atomic E-state index is 10.6. The fraction of sp³-hybridized carbons (Fsp3) is 0.300. The van der Waals surface area contributed by atoms with E-state index >= 15 is 0 Å². The molecule has 0 spiro atoms. The van der Waals surface area contributed by atoms with Gasteiger partial charge in [0.1, 0.15) is 12.0 Å². The predicted octanol–water partition coefficient (Wildman–Crippen LogP) is 2.75. The highest BCUT2D eigenvalue weighted by molar-refractivity contribution is 9.11. The second-order valence-corrected chi connectivity index (χ2v) is 4.63. The van der Waals surface area contributed by atoms with Gasteiger partial charge in [0, 0.05) is 5.56 Å². The van der Waals surface area contributed by atoms with Crippen LogP contribution in [-0.4, -0.2) is 19.4 Å². The third-order valence-corrected chi connectivity index (χ3v) is 2.93. The Bertz CT molecular complexity index is 332. The third-order valence-electron chi connectivity index (χ3n) is 1.75. The minimum atomic E-state index is 0.564. The van der Waals surface area contributed by atoms with Gasteiger partial charge in [0.25, 0.3) is 0 Å². The van der Waals surface area contributed by atoms with Crippen LogP contribution in [0.3, 0.4) is 0 Å². The quantitative estimate of drug-likeness (QED) is 0.664. The Balaban J connectivity index is 2.83. The van der Waals surface area contributed by atoms with Crippen LogP contribution in [0.2, 0.25) is 0 Å². The van der Waals surface area contributed by atoms with Gasteiger partial charge < -0.3 is 10.5 Å². The minimum absolute atomic E-state index is 0.564. The maximum atomic E-state index is 10.6. The van der Waals surface area contributed by atoms with Crippen LogP contribution in [-0.2, 0) is 0 Å². The van der Waals surface area contributed by atoms with Gasteiger partial charge in [-0.25, -0.2) is 0 Å². The lowest BCUT2D eigenvalue weighted by molar-refractivity contribution is 0.112. The zero-order valence-corrected chi connectivity index (χ0v) is 11.2. The molecule has 0 aromatic heterocycles. The Morgan fingerprint density at radius 3 is 2.40 bits per heavy atom. The number of hydrogen-bond donors (Lipinski definition) is 1. The highest BCUT2D eigenvalue weighted by atomic mass is 79.9. The summed E-state index contributed by atoms with van der Waals surface area (Å²) in [5.41, 5.74) is 5.96. The molecule has 1 rings (SSSR count). The molecule has 0 unspecified atom stereocenters. The highest BCUT2D eigenvalue weighted by Gasteiger charge is 2.08. The van der Waals surface area contributed by atoms with Crippen LogP contribution in [0.1, 0.15) is 16.8 Å². The van der Waals surface area contributed by atoms with Crippen LogP contribution in [0.4, 0.5) is 0 Å². The van der Waals surface area contributed by atoms with E-state index in [1.807, 2.05) is 0 Å². The Labute approximate surface area is 105 Å². The fourth-order valence-electron chi connectivity index (χ4n) is 1.04. The summed E-state index contributed by atoms with van der Waals surface area (Å²) in [5, 5.41) is 0. The zero-order valence-electron chi connectivity index (χ0n) is 8.00. The number of hydrogen-bond acceptors (Lipinski definition) is 3. The molecule has 82 valence electrons. The fourth-order valence-corrected chi connectivity index (χ4v) is 2.49. The number of carbonyl (C=O) groups excluding carboxylic acids is 1. The van der Waals surface area contributed by atoms with Crippen LogP contribution in [0.15, 0.2) is 21.1 Å². The van der Waals surface area contributed by atoms with Crippen molar-refractivity contribution in [2.45, 2.75) is 6.42 Å². The zero-order chi connectivity index (χ0) is 11.3. The average Bonchev–Trinajstić information content (AvgIpc) is 2.22. The van der Waals surface area contributed by atoms with Crippen molar-refractivity contribution in [3.8, 4) is 5.75 Å². The molecule has 0 amide bonds. The summed E-state index contributed by atoms with van der Waals surface area (Å²) in [6.07, 6.45) is 1.59. The normalized spacial score (nSPS) is 10.1. The summed E-state index contributed by atoms with van der Waals surface area (Å²) in [5.74, 6) is 0.703. The molecule has 0 heterocycles. The molecule has 1 aromatic rings. The van der Waals surface area contributed by atoms with Crippen molar-refractivity contribution < 1.29 is 9.53 Å². The second-order valence-electron chi connectivity index (χ2n) is 2.92. The van der Waals surface area contributed by atoms with E-state index in [4.69, 9.17) is 10.5 Å². The Kier molecular flexibility index (Phi) is 5.28. The lowest BCUT2D eigenvalue weighted by Crippen LogP contribution is -2.06. The first kappa shape index (κ1) is 12.7. The Morgan fingerprint density at radius 1 is 1.33 bits per heavy atom. The molecule has 0 saturated heterocycles. The van der Waals surface area contributed by atoms with Crippen molar-refractivity contribution in [2.24, 2.45) is 5.73 Å². The summed E-state index contributed by atoms with van der Waals surface area (Å²) in [6.45, 7) is 1.16. The first-order valence-corrected chi connectivity index (χ1v) is 6.04. The molecule has 5 heteroatoms. The van der Waals surface area contributed by atoms with Crippen molar-refractivity contribution in [1.82, 2.24) is 0 Å². The number of rotatable bonds is 5. The molecule has 3 nitrogen and oxygen atoms in total. The highest BCUT2D eigenvalue weighted by Crippen LogP contribution is 2.34. The molecule has 0 aliphatic heterocycles. The van der Waals surface area contributed by atoms with Gasteiger partial charge in [-0.15, -0.1) is 0 Å². The summed E-state index contributed by atoms with van der Waals surface area (Å²) in [7, 11) is 0. The number of halogens is 2. The van der Waals surface area contributed by atoms with Crippen molar-refractivity contribution in [3.05, 3.63) is 26.6 Å². The lowest BCUT2D eigenvalue weighted by atomic mass is 10.2. The largest absolute Gasteiger partial charge is 0.491 e. The standard InChI is InChI=1S/C10H11Br2NO2/c11-8-4-7(6-14)5-9(12)10(8)15-3-1-2-13/h4-6H,1-3,13H2. The molecule has 0 aliphatic carbocycles. The number of ether oxygens (including phenoxy) is 1. The second kappa shape index (κ2) is 6.25.